The Morgan fingerprint density at radius 2 is 1.74 bits per heavy atom. The van der Waals surface area contributed by atoms with Gasteiger partial charge in [0.25, 0.3) is 11.8 Å². The van der Waals surface area contributed by atoms with Crippen LogP contribution in [0.3, 0.4) is 0 Å². The SMILES string of the molecule is Cc1cc(OCCCc2ccc3c(c2)C(=O)NCC(=O)N3c2ccc(C[C@@]3(C(=O)OC(C)C)NC3(C=O)CC=O)cc2)nc(N)n1.O=C(O)C(F)(F)F. The number of nitrogens with one attached hydrogen (secondary N) is 2. The van der Waals surface area contributed by atoms with Crippen molar-refractivity contribution < 1.29 is 56.5 Å². The van der Waals surface area contributed by atoms with Crippen LogP contribution >= 0.6 is 0 Å². The third kappa shape index (κ3) is 9.31. The molecule has 1 fully saturated rings. The number of nitrogen functional groups attached to an aromatic ring is 1. The lowest BCUT2D eigenvalue weighted by Gasteiger charge is -2.23. The predicted octanol–water partition coefficient (Wildman–Crippen LogP) is 2.78. The Morgan fingerprint density at radius 1 is 1.08 bits per heavy atom. The van der Waals surface area contributed by atoms with Gasteiger partial charge in [0.1, 0.15) is 23.7 Å². The number of nitrogens with two attached hydrogens (primary N) is 1. The number of carboxylic acid groups (broad SMARTS) is 1. The van der Waals surface area contributed by atoms with Crippen LogP contribution in [0.1, 0.15) is 53.9 Å². The maximum absolute atomic E-state index is 13.2. The molecule has 1 aromatic heterocycles. The number of aryl methyl sites for hydroxylation is 2. The minimum atomic E-state index is -5.08. The molecule has 0 aliphatic carbocycles. The zero-order chi connectivity index (χ0) is 39.1. The van der Waals surface area contributed by atoms with Crippen molar-refractivity contribution in [3.8, 4) is 5.88 Å². The summed E-state index contributed by atoms with van der Waals surface area (Å²) in [4.78, 5) is 81.2. The van der Waals surface area contributed by atoms with Gasteiger partial charge in [-0.3, -0.25) is 19.8 Å². The van der Waals surface area contributed by atoms with Crippen molar-refractivity contribution in [3.63, 3.8) is 0 Å². The normalized spacial score (nSPS) is 19.2. The van der Waals surface area contributed by atoms with Gasteiger partial charge in [0.2, 0.25) is 11.8 Å². The summed E-state index contributed by atoms with van der Waals surface area (Å²) in [7, 11) is 0. The van der Waals surface area contributed by atoms with Crippen molar-refractivity contribution in [2.75, 3.05) is 23.8 Å². The molecule has 2 atom stereocenters. The number of hydrogen-bond acceptors (Lipinski definition) is 12. The molecule has 0 bridgehead atoms. The molecule has 2 aliphatic rings. The number of benzene rings is 2. The number of amides is 2. The van der Waals surface area contributed by atoms with E-state index in [1.54, 1.807) is 63.2 Å². The van der Waals surface area contributed by atoms with Gasteiger partial charge in [-0.05, 0) is 69.0 Å². The van der Waals surface area contributed by atoms with Crippen LogP contribution in [0, 0.1) is 6.92 Å². The van der Waals surface area contributed by atoms with E-state index in [1.165, 1.54) is 4.90 Å². The molecule has 1 unspecified atom stereocenters. The van der Waals surface area contributed by atoms with Crippen molar-refractivity contribution in [1.82, 2.24) is 20.6 Å². The van der Waals surface area contributed by atoms with Crippen LogP contribution in [0.2, 0.25) is 0 Å². The van der Waals surface area contributed by atoms with Gasteiger partial charge in [-0.1, -0.05) is 18.2 Å². The fraction of sp³-hybridized carbons (Fsp3) is 0.371. The second-order valence-electron chi connectivity index (χ2n) is 12.5. The Labute approximate surface area is 301 Å². The number of alkyl halides is 3. The Morgan fingerprint density at radius 3 is 2.32 bits per heavy atom. The number of rotatable bonds is 13. The number of carbonyl (C=O) groups is 6. The number of ether oxygens (including phenoxy) is 2. The van der Waals surface area contributed by atoms with E-state index in [0.717, 1.165) is 5.56 Å². The van der Waals surface area contributed by atoms with E-state index in [1.807, 2.05) is 6.07 Å². The van der Waals surface area contributed by atoms with Crippen molar-refractivity contribution in [2.24, 2.45) is 0 Å². The monoisotopic (exact) mass is 742 g/mol. The summed E-state index contributed by atoms with van der Waals surface area (Å²) in [5, 5.41) is 12.8. The van der Waals surface area contributed by atoms with Crippen LogP contribution < -0.4 is 26.0 Å². The van der Waals surface area contributed by atoms with Crippen LogP contribution in [0.4, 0.5) is 30.5 Å². The molecule has 5 rings (SSSR count). The molecule has 0 spiro atoms. The average Bonchev–Trinajstić information content (AvgIpc) is 3.75. The van der Waals surface area contributed by atoms with E-state index in [2.05, 4.69) is 20.6 Å². The first-order valence-corrected chi connectivity index (χ1v) is 16.2. The topological polar surface area (TPSA) is 230 Å². The second-order valence-corrected chi connectivity index (χ2v) is 12.5. The molecule has 282 valence electrons. The first kappa shape index (κ1) is 39.9. The van der Waals surface area contributed by atoms with Gasteiger partial charge < -0.3 is 35.2 Å². The maximum Gasteiger partial charge on any atom is 0.490 e. The quantitative estimate of drug-likeness (QED) is 0.0856. The van der Waals surface area contributed by atoms with Crippen molar-refractivity contribution in [1.29, 1.82) is 0 Å². The summed E-state index contributed by atoms with van der Waals surface area (Å²) in [5.74, 6) is -3.52. The predicted molar refractivity (Wildman–Crippen MR) is 181 cm³/mol. The smallest absolute Gasteiger partial charge is 0.478 e. The average molecular weight is 743 g/mol. The van der Waals surface area contributed by atoms with Crippen molar-refractivity contribution in [2.45, 2.75) is 69.8 Å². The van der Waals surface area contributed by atoms with Gasteiger partial charge in [0.15, 0.2) is 0 Å². The second kappa shape index (κ2) is 16.2. The summed E-state index contributed by atoms with van der Waals surface area (Å²) in [5.41, 5.74) is 6.54. The molecule has 15 nitrogen and oxygen atoms in total. The van der Waals surface area contributed by atoms with E-state index in [-0.39, 0.29) is 37.1 Å². The van der Waals surface area contributed by atoms with E-state index >= 15 is 0 Å². The molecule has 2 amide bonds. The first-order valence-electron chi connectivity index (χ1n) is 16.2. The zero-order valence-corrected chi connectivity index (χ0v) is 28.9. The lowest BCUT2D eigenvalue weighted by molar-refractivity contribution is -0.192. The minimum absolute atomic E-state index is 0.0906. The summed E-state index contributed by atoms with van der Waals surface area (Å²) in [6.07, 6.45) is -3.13. The van der Waals surface area contributed by atoms with E-state index in [9.17, 15) is 37.1 Å². The number of nitrogens with zero attached hydrogens (tertiary/aromatic N) is 3. The number of halogens is 3. The molecule has 3 heterocycles. The molecule has 53 heavy (non-hydrogen) atoms. The van der Waals surface area contributed by atoms with E-state index in [4.69, 9.17) is 25.1 Å². The molecule has 3 aromatic rings. The maximum atomic E-state index is 13.2. The molecule has 0 radical (unpaired) electrons. The Bertz CT molecular complexity index is 1870. The number of aldehydes is 2. The van der Waals surface area contributed by atoms with Gasteiger partial charge >= 0.3 is 18.1 Å². The molecular formula is C35H37F3N6O9. The largest absolute Gasteiger partial charge is 0.490 e. The molecule has 5 N–H and O–H groups in total. The summed E-state index contributed by atoms with van der Waals surface area (Å²) in [6.45, 7) is 5.40. The highest BCUT2D eigenvalue weighted by Crippen LogP contribution is 2.44. The number of hydrogen-bond donors (Lipinski definition) is 4. The molecule has 18 heteroatoms. The summed E-state index contributed by atoms with van der Waals surface area (Å²) < 4.78 is 42.9. The number of carbonyl (C=O) groups excluding carboxylic acids is 5. The fourth-order valence-corrected chi connectivity index (χ4v) is 5.73. The highest BCUT2D eigenvalue weighted by Gasteiger charge is 2.72. The molecule has 0 saturated carbocycles. The van der Waals surface area contributed by atoms with Gasteiger partial charge in [-0.25, -0.2) is 14.6 Å². The fourth-order valence-electron chi connectivity index (χ4n) is 5.73. The van der Waals surface area contributed by atoms with Gasteiger partial charge in [0.05, 0.1) is 30.5 Å². The number of anilines is 3. The van der Waals surface area contributed by atoms with Crippen LogP contribution in [0.5, 0.6) is 5.88 Å². The van der Waals surface area contributed by atoms with Crippen LogP contribution in [0.15, 0.2) is 48.5 Å². The highest BCUT2D eigenvalue weighted by molar-refractivity contribution is 6.13. The number of carboxylic acids is 1. The van der Waals surface area contributed by atoms with Crippen LogP contribution in [0.25, 0.3) is 0 Å². The van der Waals surface area contributed by atoms with Gasteiger partial charge in [-0.2, -0.15) is 18.2 Å². The summed E-state index contributed by atoms with van der Waals surface area (Å²) in [6, 6.07) is 14.0. The zero-order valence-electron chi connectivity index (χ0n) is 28.9. The standard InChI is InChI=1S/C33H36N6O7.C2HF3O2/c1-20(2)46-30(44)33(32(19-41,38-33)12-13-40)17-23-6-9-24(10-7-23)39-26-11-8-22(16-25(26)29(43)35-18-28(39)42)5-4-14-45-27-15-21(3)36-31(34)37-27;3-2(4,5)1(6)7/h6-11,13,15-16,19-20,38H,4-5,12,14,17-18H2,1-3H3,(H,35,43)(H2,34,36,37);(H,6,7)/t32?,33-;/m0./s1. The van der Waals surface area contributed by atoms with E-state index in [0.29, 0.717) is 66.1 Å². The third-order valence-corrected chi connectivity index (χ3v) is 8.24. The van der Waals surface area contributed by atoms with E-state index < -0.39 is 35.3 Å². The number of aliphatic carboxylic acids is 1. The molecule has 1 saturated heterocycles. The minimum Gasteiger partial charge on any atom is -0.478 e. The number of fused-ring (bicyclic) bond motifs is 1. The molecule has 2 aromatic carbocycles. The van der Waals surface area contributed by atoms with Gasteiger partial charge in [0, 0.05) is 30.3 Å². The van der Waals surface area contributed by atoms with Crippen molar-refractivity contribution in [3.05, 3.63) is 70.9 Å². The summed E-state index contributed by atoms with van der Waals surface area (Å²) >= 11 is 0. The third-order valence-electron chi connectivity index (χ3n) is 8.24. The van der Waals surface area contributed by atoms with Crippen LogP contribution in [-0.2, 0) is 41.6 Å². The lowest BCUT2D eigenvalue weighted by atomic mass is 9.85. The highest BCUT2D eigenvalue weighted by atomic mass is 19.4. The number of aromatic nitrogens is 2. The Balaban J connectivity index is 0.000000815. The van der Waals surface area contributed by atoms with Gasteiger partial charge in [-0.15, -0.1) is 0 Å². The lowest BCUT2D eigenvalue weighted by Crippen LogP contribution is -2.40. The van der Waals surface area contributed by atoms with Crippen LogP contribution in [-0.4, -0.2) is 87.9 Å². The number of esters is 1. The first-order chi connectivity index (χ1) is 24.9. The Kier molecular flexibility index (Phi) is 12.2. The molecular weight excluding hydrogens is 705 g/mol. The van der Waals surface area contributed by atoms with Crippen molar-refractivity contribution >= 4 is 53.6 Å². The Hall–Kier alpha value is -5.91. The molecule has 2 aliphatic heterocycles.